The van der Waals surface area contributed by atoms with Crippen LogP contribution < -0.4 is 0 Å². The summed E-state index contributed by atoms with van der Waals surface area (Å²) >= 11 is 0. The average molecular weight is 164 g/mol. The molecule has 0 bridgehead atoms. The third-order valence-electron chi connectivity index (χ3n) is 2.04. The summed E-state index contributed by atoms with van der Waals surface area (Å²) in [6, 6.07) is 0. The fraction of sp³-hybridized carbons (Fsp3) is 0.875. The van der Waals surface area contributed by atoms with Crippen LogP contribution in [0.2, 0.25) is 0 Å². The van der Waals surface area contributed by atoms with E-state index in [-0.39, 0.29) is 5.92 Å². The number of hydrogen-bond donors (Lipinski definition) is 0. The molecule has 0 amide bonds. The first kappa shape index (κ1) is 10.5. The zero-order valence-corrected chi connectivity index (χ0v) is 7.32. The Kier molecular flexibility index (Phi) is 3.14. The van der Waals surface area contributed by atoms with Gasteiger partial charge in [-0.05, 0) is 5.92 Å². The highest BCUT2D eigenvalue weighted by molar-refractivity contribution is 5.83. The molecule has 1 atom stereocenters. The normalized spacial score (nSPS) is 15.2. The van der Waals surface area contributed by atoms with Gasteiger partial charge in [0.15, 0.2) is 5.78 Å². The van der Waals surface area contributed by atoms with Gasteiger partial charge in [-0.2, -0.15) is 8.78 Å². The van der Waals surface area contributed by atoms with E-state index < -0.39 is 17.6 Å². The summed E-state index contributed by atoms with van der Waals surface area (Å²) in [6.07, 6.45) is 0. The molecule has 66 valence electrons. The molecule has 0 saturated carbocycles. The highest BCUT2D eigenvalue weighted by atomic mass is 19.3. The highest BCUT2D eigenvalue weighted by Gasteiger charge is 2.42. The smallest absolute Gasteiger partial charge is 0.293 e. The number of rotatable bonds is 3. The molecule has 0 aromatic carbocycles. The van der Waals surface area contributed by atoms with Crippen molar-refractivity contribution in [1.29, 1.82) is 0 Å². The van der Waals surface area contributed by atoms with Crippen LogP contribution in [-0.2, 0) is 4.79 Å². The molecule has 0 aliphatic heterocycles. The molecule has 1 nitrogen and oxygen atoms in total. The first-order valence-electron chi connectivity index (χ1n) is 3.69. The van der Waals surface area contributed by atoms with Crippen molar-refractivity contribution in [2.75, 3.05) is 0 Å². The molecule has 0 aromatic rings. The average Bonchev–Trinajstić information content (AvgIpc) is 1.85. The van der Waals surface area contributed by atoms with Gasteiger partial charge in [-0.15, -0.1) is 0 Å². The van der Waals surface area contributed by atoms with Crippen LogP contribution in [0.25, 0.3) is 0 Å². The lowest BCUT2D eigenvalue weighted by molar-refractivity contribution is -0.150. The quantitative estimate of drug-likeness (QED) is 0.626. The minimum absolute atomic E-state index is 0.172. The molecule has 0 spiro atoms. The Hall–Kier alpha value is -0.470. The van der Waals surface area contributed by atoms with Crippen molar-refractivity contribution in [3.63, 3.8) is 0 Å². The molecule has 0 heterocycles. The van der Waals surface area contributed by atoms with E-state index >= 15 is 0 Å². The fourth-order valence-electron chi connectivity index (χ4n) is 0.739. The predicted molar refractivity (Wildman–Crippen MR) is 39.6 cm³/mol. The molecule has 0 aliphatic carbocycles. The van der Waals surface area contributed by atoms with Gasteiger partial charge in [-0.25, -0.2) is 0 Å². The molecule has 0 rings (SSSR count). The lowest BCUT2D eigenvalue weighted by Gasteiger charge is -2.23. The minimum atomic E-state index is -3.16. The van der Waals surface area contributed by atoms with Gasteiger partial charge in [-0.1, -0.05) is 20.8 Å². The molecule has 0 N–H and O–H groups in total. The topological polar surface area (TPSA) is 17.1 Å². The van der Waals surface area contributed by atoms with Crippen LogP contribution in [0.5, 0.6) is 0 Å². The molecule has 11 heavy (non-hydrogen) atoms. The Balaban J connectivity index is 4.42. The molecule has 0 saturated heterocycles. The number of alkyl halides is 2. The zero-order chi connectivity index (χ0) is 9.23. The molecular weight excluding hydrogens is 150 g/mol. The summed E-state index contributed by atoms with van der Waals surface area (Å²) in [5, 5.41) is 0. The van der Waals surface area contributed by atoms with E-state index in [1.54, 1.807) is 13.8 Å². The van der Waals surface area contributed by atoms with E-state index in [0.717, 1.165) is 6.92 Å². The van der Waals surface area contributed by atoms with Gasteiger partial charge in [0.2, 0.25) is 0 Å². The van der Waals surface area contributed by atoms with E-state index in [2.05, 4.69) is 0 Å². The SMILES string of the molecule is CC(=O)C(F)(F)[C@@H](C)C(C)C. The van der Waals surface area contributed by atoms with Crippen molar-refractivity contribution in [3.8, 4) is 0 Å². The zero-order valence-electron chi connectivity index (χ0n) is 7.32. The molecule has 0 aromatic heterocycles. The summed E-state index contributed by atoms with van der Waals surface area (Å²) in [5.41, 5.74) is 0. The third kappa shape index (κ3) is 2.24. The maximum atomic E-state index is 12.8. The monoisotopic (exact) mass is 164 g/mol. The lowest BCUT2D eigenvalue weighted by atomic mass is 9.89. The number of Topliss-reactive ketones (excluding diaryl/α,β-unsaturated/α-hetero) is 1. The van der Waals surface area contributed by atoms with Crippen LogP contribution in [0.1, 0.15) is 27.7 Å². The first-order valence-corrected chi connectivity index (χ1v) is 3.69. The van der Waals surface area contributed by atoms with Crippen molar-refractivity contribution in [3.05, 3.63) is 0 Å². The summed E-state index contributed by atoms with van der Waals surface area (Å²) in [4.78, 5) is 10.5. The highest BCUT2D eigenvalue weighted by Crippen LogP contribution is 2.30. The van der Waals surface area contributed by atoms with Gasteiger partial charge in [0.05, 0.1) is 0 Å². The summed E-state index contributed by atoms with van der Waals surface area (Å²) < 4.78 is 25.7. The molecule has 0 aliphatic rings. The van der Waals surface area contributed by atoms with Gasteiger partial charge in [-0.3, -0.25) is 4.79 Å². The van der Waals surface area contributed by atoms with Gasteiger partial charge in [0.25, 0.3) is 0 Å². The van der Waals surface area contributed by atoms with Crippen LogP contribution >= 0.6 is 0 Å². The standard InChI is InChI=1S/C8H14F2O/c1-5(2)6(3)8(9,10)7(4)11/h5-6H,1-4H3/t6-/m0/s1. The number of ketones is 1. The fourth-order valence-corrected chi connectivity index (χ4v) is 0.739. The minimum Gasteiger partial charge on any atom is -0.293 e. The molecule has 0 unspecified atom stereocenters. The second-order valence-corrected chi connectivity index (χ2v) is 3.21. The third-order valence-corrected chi connectivity index (χ3v) is 2.04. The van der Waals surface area contributed by atoms with E-state index in [9.17, 15) is 13.6 Å². The van der Waals surface area contributed by atoms with Crippen molar-refractivity contribution < 1.29 is 13.6 Å². The van der Waals surface area contributed by atoms with E-state index in [0.29, 0.717) is 0 Å². The van der Waals surface area contributed by atoms with Crippen LogP contribution in [0.15, 0.2) is 0 Å². The molecule has 3 heteroatoms. The Morgan fingerprint density at radius 3 is 1.73 bits per heavy atom. The molecule has 0 radical (unpaired) electrons. The van der Waals surface area contributed by atoms with Crippen molar-refractivity contribution >= 4 is 5.78 Å². The Labute approximate surface area is 65.8 Å². The van der Waals surface area contributed by atoms with E-state index in [1.807, 2.05) is 0 Å². The molecule has 0 fully saturated rings. The van der Waals surface area contributed by atoms with Crippen molar-refractivity contribution in [2.24, 2.45) is 11.8 Å². The molecular formula is C8H14F2O. The van der Waals surface area contributed by atoms with Crippen LogP contribution in [0, 0.1) is 11.8 Å². The van der Waals surface area contributed by atoms with Gasteiger partial charge in [0, 0.05) is 12.8 Å². The maximum Gasteiger partial charge on any atom is 0.307 e. The maximum absolute atomic E-state index is 12.8. The summed E-state index contributed by atoms with van der Waals surface area (Å²) in [7, 11) is 0. The van der Waals surface area contributed by atoms with Gasteiger partial charge >= 0.3 is 5.92 Å². The second kappa shape index (κ2) is 3.28. The largest absolute Gasteiger partial charge is 0.307 e. The number of halogens is 2. The lowest BCUT2D eigenvalue weighted by Crippen LogP contribution is -2.36. The van der Waals surface area contributed by atoms with Crippen molar-refractivity contribution in [2.45, 2.75) is 33.6 Å². The van der Waals surface area contributed by atoms with E-state index in [4.69, 9.17) is 0 Å². The predicted octanol–water partition coefficient (Wildman–Crippen LogP) is 2.50. The Bertz CT molecular complexity index is 152. The summed E-state index contributed by atoms with van der Waals surface area (Å²) in [5.74, 6) is -5.25. The first-order chi connectivity index (χ1) is 4.80. The van der Waals surface area contributed by atoms with Gasteiger partial charge < -0.3 is 0 Å². The number of carbonyl (C=O) groups is 1. The Morgan fingerprint density at radius 2 is 1.64 bits per heavy atom. The van der Waals surface area contributed by atoms with Crippen LogP contribution in [0.3, 0.4) is 0 Å². The van der Waals surface area contributed by atoms with Gasteiger partial charge in [0.1, 0.15) is 0 Å². The van der Waals surface area contributed by atoms with Crippen LogP contribution in [-0.4, -0.2) is 11.7 Å². The van der Waals surface area contributed by atoms with Crippen LogP contribution in [0.4, 0.5) is 8.78 Å². The Morgan fingerprint density at radius 1 is 1.27 bits per heavy atom. The van der Waals surface area contributed by atoms with Crippen molar-refractivity contribution in [1.82, 2.24) is 0 Å². The summed E-state index contributed by atoms with van der Waals surface area (Å²) in [6.45, 7) is 5.69. The second-order valence-electron chi connectivity index (χ2n) is 3.21. The number of hydrogen-bond acceptors (Lipinski definition) is 1. The van der Waals surface area contributed by atoms with E-state index in [1.165, 1.54) is 6.92 Å². The number of carbonyl (C=O) groups excluding carboxylic acids is 1.